The van der Waals surface area contributed by atoms with E-state index in [1.165, 1.54) is 6.26 Å². The predicted octanol–water partition coefficient (Wildman–Crippen LogP) is 1.47. The Bertz CT molecular complexity index is 892. The summed E-state index contributed by atoms with van der Waals surface area (Å²) in [6.45, 7) is 3.21. The van der Waals surface area contributed by atoms with Gasteiger partial charge in [-0.15, -0.1) is 10.2 Å². The maximum atomic E-state index is 12.2. The molecule has 9 heteroatoms. The zero-order valence-corrected chi connectivity index (χ0v) is 15.5. The predicted molar refractivity (Wildman–Crippen MR) is 100 cm³/mol. The van der Waals surface area contributed by atoms with E-state index in [1.54, 1.807) is 36.4 Å². The van der Waals surface area contributed by atoms with Crippen molar-refractivity contribution in [1.29, 1.82) is 0 Å². The Kier molecular flexibility index (Phi) is 6.53. The molecule has 0 spiro atoms. The molecule has 0 bridgehead atoms. The summed E-state index contributed by atoms with van der Waals surface area (Å²) in [7, 11) is 0. The average Bonchev–Trinajstić information content (AvgIpc) is 3.34. The number of hydrogen-bond acceptors (Lipinski definition) is 6. The lowest BCUT2D eigenvalue weighted by molar-refractivity contribution is -0.907. The van der Waals surface area contributed by atoms with Gasteiger partial charge < -0.3 is 19.1 Å². The highest BCUT2D eigenvalue weighted by Crippen LogP contribution is 2.17. The minimum Gasteiger partial charge on any atom is -0.459 e. The first-order chi connectivity index (χ1) is 13.6. The third kappa shape index (κ3) is 5.52. The third-order valence-corrected chi connectivity index (χ3v) is 3.90. The number of rotatable bonds is 8. The van der Waals surface area contributed by atoms with Gasteiger partial charge in [-0.25, -0.2) is 4.79 Å². The minimum absolute atomic E-state index is 0.106. The van der Waals surface area contributed by atoms with Gasteiger partial charge in [0.15, 0.2) is 18.8 Å². The van der Waals surface area contributed by atoms with Crippen LogP contribution < -0.4 is 15.5 Å². The van der Waals surface area contributed by atoms with Gasteiger partial charge in [-0.2, -0.15) is 0 Å². The molecule has 2 aromatic heterocycles. The topological polar surface area (TPSA) is 115 Å². The molecule has 0 aliphatic carbocycles. The number of aromatic nitrogens is 2. The van der Waals surface area contributed by atoms with Gasteiger partial charge in [0, 0.05) is 5.69 Å². The van der Waals surface area contributed by atoms with Gasteiger partial charge in [0.25, 0.3) is 17.7 Å². The number of nitrogens with one attached hydrogen (secondary N) is 3. The Hall–Kier alpha value is -3.46. The van der Waals surface area contributed by atoms with Crippen LogP contribution >= 0.6 is 0 Å². The van der Waals surface area contributed by atoms with Crippen LogP contribution in [-0.4, -0.2) is 35.2 Å². The molecule has 0 aliphatic heterocycles. The molecule has 0 saturated heterocycles. The van der Waals surface area contributed by atoms with Crippen molar-refractivity contribution in [3.8, 4) is 11.7 Å². The Labute approximate surface area is 161 Å². The molecule has 0 saturated carbocycles. The number of quaternary nitrogens is 1. The summed E-state index contributed by atoms with van der Waals surface area (Å²) in [4.78, 5) is 25.1. The molecule has 0 fully saturated rings. The van der Waals surface area contributed by atoms with Gasteiger partial charge in [0.05, 0.1) is 12.8 Å². The van der Waals surface area contributed by atoms with Crippen LogP contribution in [0.5, 0.6) is 0 Å². The molecule has 3 amide bonds. The summed E-state index contributed by atoms with van der Waals surface area (Å²) in [6.07, 6.45) is 2.39. The second-order valence-electron chi connectivity index (χ2n) is 6.20. The minimum atomic E-state index is -0.565. The summed E-state index contributed by atoms with van der Waals surface area (Å²) in [6, 6.07) is 11.8. The zero-order valence-electron chi connectivity index (χ0n) is 15.5. The van der Waals surface area contributed by atoms with Gasteiger partial charge in [-0.3, -0.25) is 10.1 Å². The van der Waals surface area contributed by atoms with Crippen LogP contribution in [0.2, 0.25) is 0 Å². The number of amides is 3. The number of benzene rings is 1. The smallest absolute Gasteiger partial charge is 0.326 e. The number of para-hydroxylation sites is 1. The van der Waals surface area contributed by atoms with E-state index in [1.807, 2.05) is 13.0 Å². The van der Waals surface area contributed by atoms with Crippen LogP contribution in [0.15, 0.2) is 57.6 Å². The maximum absolute atomic E-state index is 12.2. The summed E-state index contributed by atoms with van der Waals surface area (Å²) in [5.74, 6) is 0.799. The first-order valence-corrected chi connectivity index (χ1v) is 8.99. The van der Waals surface area contributed by atoms with Crippen molar-refractivity contribution in [2.75, 3.05) is 18.4 Å². The molecule has 146 valence electrons. The SMILES string of the molecule is CCC[NH+](CC(=O)NC(=O)Nc1ccccc1)Cc1nnc(-c2ccco2)o1. The molecule has 3 rings (SSSR count). The molecular formula is C19H22N5O4+. The van der Waals surface area contributed by atoms with Crippen molar-refractivity contribution in [1.82, 2.24) is 15.5 Å². The highest BCUT2D eigenvalue weighted by atomic mass is 16.4. The van der Waals surface area contributed by atoms with E-state index in [-0.39, 0.29) is 12.5 Å². The van der Waals surface area contributed by atoms with Crippen LogP contribution in [-0.2, 0) is 11.3 Å². The summed E-state index contributed by atoms with van der Waals surface area (Å²) in [5.41, 5.74) is 0.613. The van der Waals surface area contributed by atoms with E-state index >= 15 is 0 Å². The normalized spacial score (nSPS) is 11.8. The standard InChI is InChI=1S/C19H21N5O4/c1-2-10-24(13-17-22-23-18(28-17)15-9-6-11-27-15)12-16(25)21-19(26)20-14-7-4-3-5-8-14/h3-9,11H,2,10,12-13H2,1H3,(H2,20,21,25,26)/p+1. The second-order valence-corrected chi connectivity index (χ2v) is 6.20. The zero-order chi connectivity index (χ0) is 19.8. The van der Waals surface area contributed by atoms with E-state index in [0.717, 1.165) is 11.3 Å². The van der Waals surface area contributed by atoms with Crippen molar-refractivity contribution >= 4 is 17.6 Å². The molecule has 0 aliphatic rings. The van der Waals surface area contributed by atoms with E-state index in [4.69, 9.17) is 8.83 Å². The van der Waals surface area contributed by atoms with Crippen LogP contribution in [0.3, 0.4) is 0 Å². The molecule has 3 N–H and O–H groups in total. The van der Waals surface area contributed by atoms with E-state index in [9.17, 15) is 9.59 Å². The van der Waals surface area contributed by atoms with Crippen molar-refractivity contribution in [2.45, 2.75) is 19.9 Å². The molecule has 3 aromatic rings. The third-order valence-electron chi connectivity index (χ3n) is 3.90. The Morgan fingerprint density at radius 2 is 1.93 bits per heavy atom. The molecule has 0 radical (unpaired) electrons. The number of urea groups is 1. The molecular weight excluding hydrogens is 362 g/mol. The lowest BCUT2D eigenvalue weighted by Crippen LogP contribution is -3.12. The molecule has 1 aromatic carbocycles. The molecule has 28 heavy (non-hydrogen) atoms. The molecule has 1 atom stereocenters. The largest absolute Gasteiger partial charge is 0.459 e. The lowest BCUT2D eigenvalue weighted by atomic mass is 10.3. The highest BCUT2D eigenvalue weighted by Gasteiger charge is 2.20. The fourth-order valence-corrected chi connectivity index (χ4v) is 2.71. The van der Waals surface area contributed by atoms with Crippen molar-refractivity contribution in [3.63, 3.8) is 0 Å². The first kappa shape index (κ1) is 19.3. The lowest BCUT2D eigenvalue weighted by Gasteiger charge is -2.16. The number of anilines is 1. The van der Waals surface area contributed by atoms with E-state index in [0.29, 0.717) is 36.3 Å². The average molecular weight is 384 g/mol. The monoisotopic (exact) mass is 384 g/mol. The van der Waals surface area contributed by atoms with Crippen LogP contribution in [0.1, 0.15) is 19.2 Å². The summed E-state index contributed by atoms with van der Waals surface area (Å²) in [5, 5.41) is 12.9. The van der Waals surface area contributed by atoms with Gasteiger partial charge in [-0.1, -0.05) is 25.1 Å². The van der Waals surface area contributed by atoms with Gasteiger partial charge in [0.1, 0.15) is 0 Å². The van der Waals surface area contributed by atoms with E-state index < -0.39 is 6.03 Å². The van der Waals surface area contributed by atoms with Gasteiger partial charge >= 0.3 is 6.03 Å². The summed E-state index contributed by atoms with van der Waals surface area (Å²) >= 11 is 0. The maximum Gasteiger partial charge on any atom is 0.326 e. The second kappa shape index (κ2) is 9.47. The van der Waals surface area contributed by atoms with Crippen molar-refractivity contribution in [2.24, 2.45) is 0 Å². The fourth-order valence-electron chi connectivity index (χ4n) is 2.71. The number of carbonyl (C=O) groups is 2. The molecule has 2 heterocycles. The fraction of sp³-hybridized carbons (Fsp3) is 0.263. The van der Waals surface area contributed by atoms with Gasteiger partial charge in [0.2, 0.25) is 0 Å². The number of imide groups is 1. The van der Waals surface area contributed by atoms with Gasteiger partial charge in [-0.05, 0) is 30.7 Å². The van der Waals surface area contributed by atoms with Crippen molar-refractivity contribution < 1.29 is 23.3 Å². The number of hydrogen-bond donors (Lipinski definition) is 3. The van der Waals surface area contributed by atoms with Crippen LogP contribution in [0, 0.1) is 0 Å². The van der Waals surface area contributed by atoms with Crippen molar-refractivity contribution in [3.05, 3.63) is 54.6 Å². The van der Waals surface area contributed by atoms with E-state index in [2.05, 4.69) is 20.8 Å². The first-order valence-electron chi connectivity index (χ1n) is 8.99. The number of carbonyl (C=O) groups excluding carboxylic acids is 2. The number of furan rings is 1. The Morgan fingerprint density at radius 1 is 1.11 bits per heavy atom. The Morgan fingerprint density at radius 3 is 2.64 bits per heavy atom. The number of nitrogens with zero attached hydrogens (tertiary/aromatic N) is 2. The highest BCUT2D eigenvalue weighted by molar-refractivity contribution is 6.01. The Balaban J connectivity index is 1.53. The van der Waals surface area contributed by atoms with Crippen LogP contribution in [0.4, 0.5) is 10.5 Å². The molecule has 9 nitrogen and oxygen atoms in total. The molecule has 1 unspecified atom stereocenters. The van der Waals surface area contributed by atoms with Crippen LogP contribution in [0.25, 0.3) is 11.7 Å². The summed E-state index contributed by atoms with van der Waals surface area (Å²) < 4.78 is 10.8. The quantitative estimate of drug-likeness (QED) is 0.542.